The van der Waals surface area contributed by atoms with Gasteiger partial charge >= 0.3 is 12.3 Å². The van der Waals surface area contributed by atoms with Crippen LogP contribution in [0.2, 0.25) is 0 Å². The molecule has 30 heavy (non-hydrogen) atoms. The van der Waals surface area contributed by atoms with E-state index >= 15 is 0 Å². The first-order chi connectivity index (χ1) is 14.2. The van der Waals surface area contributed by atoms with Gasteiger partial charge in [-0.3, -0.25) is 4.79 Å². The van der Waals surface area contributed by atoms with E-state index in [0.29, 0.717) is 5.56 Å². The summed E-state index contributed by atoms with van der Waals surface area (Å²) in [6.45, 7) is 0. The molecule has 0 fully saturated rings. The lowest BCUT2D eigenvalue weighted by molar-refractivity contribution is -0.274. The molecule has 0 saturated heterocycles. The van der Waals surface area contributed by atoms with Crippen LogP contribution in [-0.4, -0.2) is 23.3 Å². The van der Waals surface area contributed by atoms with Crippen molar-refractivity contribution in [3.8, 4) is 17.1 Å². The maximum Gasteiger partial charge on any atom is 0.573 e. The van der Waals surface area contributed by atoms with Gasteiger partial charge in [-0.05, 0) is 36.4 Å². The Kier molecular flexibility index (Phi) is 5.91. The molecule has 0 aliphatic carbocycles. The number of nitrogens with one attached hydrogen (secondary N) is 1. The van der Waals surface area contributed by atoms with Crippen molar-refractivity contribution in [2.75, 3.05) is 0 Å². The Morgan fingerprint density at radius 3 is 2.40 bits per heavy atom. The molecule has 6 nitrogen and oxygen atoms in total. The van der Waals surface area contributed by atoms with Gasteiger partial charge in [0.1, 0.15) is 23.0 Å². The van der Waals surface area contributed by atoms with Crippen molar-refractivity contribution in [3.05, 3.63) is 83.8 Å². The van der Waals surface area contributed by atoms with Gasteiger partial charge < -0.3 is 19.6 Å². The minimum absolute atomic E-state index is 0.0814. The third kappa shape index (κ3) is 5.51. The fraction of sp³-hybridized carbons (Fsp3) is 0.0476. The number of benzene rings is 2. The van der Waals surface area contributed by atoms with Gasteiger partial charge in [0, 0.05) is 17.2 Å². The van der Waals surface area contributed by atoms with Crippen LogP contribution in [0.5, 0.6) is 5.75 Å². The van der Waals surface area contributed by atoms with Crippen molar-refractivity contribution in [3.63, 3.8) is 0 Å². The monoisotopic (exact) mass is 417 g/mol. The number of halogens is 3. The molecule has 0 aliphatic heterocycles. The van der Waals surface area contributed by atoms with Crippen LogP contribution in [0, 0.1) is 0 Å². The summed E-state index contributed by atoms with van der Waals surface area (Å²) in [5, 5.41) is 11.6. The first kappa shape index (κ1) is 20.7. The predicted molar refractivity (Wildman–Crippen MR) is 100 cm³/mol. The van der Waals surface area contributed by atoms with E-state index in [1.54, 1.807) is 18.2 Å². The van der Waals surface area contributed by atoms with Crippen molar-refractivity contribution >= 4 is 18.0 Å². The third-order valence-corrected chi connectivity index (χ3v) is 3.78. The largest absolute Gasteiger partial charge is 0.573 e. The zero-order valence-electron chi connectivity index (χ0n) is 15.1. The zero-order valence-corrected chi connectivity index (χ0v) is 15.1. The number of aliphatic carboxylic acids is 1. The highest BCUT2D eigenvalue weighted by molar-refractivity contribution is 6.02. The number of carboxylic acids is 1. The number of carboxylic acid groups (broad SMARTS) is 1. The molecule has 0 atom stereocenters. The maximum atomic E-state index is 12.4. The van der Waals surface area contributed by atoms with Crippen LogP contribution in [0.15, 0.2) is 76.8 Å². The molecular formula is C21H14F3NO5. The number of furan rings is 1. The van der Waals surface area contributed by atoms with E-state index in [2.05, 4.69) is 10.1 Å². The average Bonchev–Trinajstić information content (AvgIpc) is 3.15. The van der Waals surface area contributed by atoms with E-state index in [-0.39, 0.29) is 17.1 Å². The van der Waals surface area contributed by atoms with Crippen LogP contribution in [0.3, 0.4) is 0 Å². The zero-order chi connectivity index (χ0) is 21.7. The fourth-order valence-corrected chi connectivity index (χ4v) is 2.51. The highest BCUT2D eigenvalue weighted by Gasteiger charge is 2.31. The quantitative estimate of drug-likeness (QED) is 0.568. The summed E-state index contributed by atoms with van der Waals surface area (Å²) in [7, 11) is 0. The Bertz CT molecular complexity index is 1090. The van der Waals surface area contributed by atoms with E-state index in [0.717, 1.165) is 18.2 Å². The Labute approximate surface area is 168 Å². The van der Waals surface area contributed by atoms with Gasteiger partial charge in [-0.15, -0.1) is 13.2 Å². The first-order valence-electron chi connectivity index (χ1n) is 8.49. The van der Waals surface area contributed by atoms with Crippen LogP contribution in [0.25, 0.3) is 17.4 Å². The topological polar surface area (TPSA) is 88.8 Å². The standard InChI is InChI=1S/C21H14F3NO5/c22-21(23,24)30-16-8-4-7-14(11-16)18-10-9-15(29-18)12-17(20(27)28)25-19(26)13-5-2-1-3-6-13/h1-12H,(H,25,26)(H,27,28)/b17-12-. The molecule has 0 unspecified atom stereocenters. The molecule has 0 radical (unpaired) electrons. The lowest BCUT2D eigenvalue weighted by Gasteiger charge is -2.09. The van der Waals surface area contributed by atoms with Crippen molar-refractivity contribution in [2.24, 2.45) is 0 Å². The normalized spacial score (nSPS) is 11.8. The first-order valence-corrected chi connectivity index (χ1v) is 8.49. The third-order valence-electron chi connectivity index (χ3n) is 3.78. The molecule has 2 N–H and O–H groups in total. The summed E-state index contributed by atoms with van der Waals surface area (Å²) in [4.78, 5) is 23.7. The number of hydrogen-bond acceptors (Lipinski definition) is 4. The molecule has 9 heteroatoms. The number of carbonyl (C=O) groups is 2. The van der Waals surface area contributed by atoms with Crippen LogP contribution >= 0.6 is 0 Å². The second-order valence-electron chi connectivity index (χ2n) is 5.96. The minimum atomic E-state index is -4.83. The second kappa shape index (κ2) is 8.56. The maximum absolute atomic E-state index is 12.4. The smallest absolute Gasteiger partial charge is 0.477 e. The summed E-state index contributed by atoms with van der Waals surface area (Å²) < 4.78 is 46.5. The second-order valence-corrected chi connectivity index (χ2v) is 5.96. The Balaban J connectivity index is 1.81. The summed E-state index contributed by atoms with van der Waals surface area (Å²) in [6, 6.07) is 16.0. The van der Waals surface area contributed by atoms with Crippen molar-refractivity contribution in [1.82, 2.24) is 5.32 Å². The summed E-state index contributed by atoms with van der Waals surface area (Å²) in [5.74, 6) is -2.16. The van der Waals surface area contributed by atoms with Crippen molar-refractivity contribution in [2.45, 2.75) is 6.36 Å². The molecule has 1 aromatic heterocycles. The molecule has 154 valence electrons. The molecule has 3 rings (SSSR count). The van der Waals surface area contributed by atoms with E-state index in [1.165, 1.54) is 36.4 Å². The summed E-state index contributed by atoms with van der Waals surface area (Å²) >= 11 is 0. The number of hydrogen-bond donors (Lipinski definition) is 2. The highest BCUT2D eigenvalue weighted by Crippen LogP contribution is 2.29. The molecular weight excluding hydrogens is 403 g/mol. The van der Waals surface area contributed by atoms with E-state index in [4.69, 9.17) is 4.42 Å². The van der Waals surface area contributed by atoms with E-state index in [1.807, 2.05) is 0 Å². The van der Waals surface area contributed by atoms with Crippen molar-refractivity contribution < 1.29 is 37.0 Å². The number of amides is 1. The number of carbonyl (C=O) groups excluding carboxylic acids is 1. The molecule has 0 saturated carbocycles. The number of rotatable bonds is 6. The highest BCUT2D eigenvalue weighted by atomic mass is 19.4. The van der Waals surface area contributed by atoms with Crippen LogP contribution < -0.4 is 10.1 Å². The van der Waals surface area contributed by atoms with Gasteiger partial charge in [0.2, 0.25) is 0 Å². The molecule has 1 amide bonds. The van der Waals surface area contributed by atoms with Crippen LogP contribution in [0.1, 0.15) is 16.1 Å². The van der Waals surface area contributed by atoms with Gasteiger partial charge in [0.05, 0.1) is 0 Å². The molecule has 0 spiro atoms. The predicted octanol–water partition coefficient (Wildman–Crippen LogP) is 4.70. The van der Waals surface area contributed by atoms with Gasteiger partial charge in [-0.2, -0.15) is 0 Å². The fourth-order valence-electron chi connectivity index (χ4n) is 2.51. The molecule has 1 heterocycles. The van der Waals surface area contributed by atoms with E-state index in [9.17, 15) is 27.9 Å². The molecule has 3 aromatic rings. The lowest BCUT2D eigenvalue weighted by Crippen LogP contribution is -2.27. The van der Waals surface area contributed by atoms with Gasteiger partial charge in [0.25, 0.3) is 5.91 Å². The SMILES string of the molecule is O=C(O)/C(=C/c1ccc(-c2cccc(OC(F)(F)F)c2)o1)NC(=O)c1ccccc1. The van der Waals surface area contributed by atoms with Gasteiger partial charge in [-0.25, -0.2) is 4.79 Å². The molecule has 0 aliphatic rings. The Morgan fingerprint density at radius 1 is 1.00 bits per heavy atom. The van der Waals surface area contributed by atoms with Crippen LogP contribution in [0.4, 0.5) is 13.2 Å². The van der Waals surface area contributed by atoms with Gasteiger partial charge in [0.15, 0.2) is 0 Å². The molecule has 2 aromatic carbocycles. The summed E-state index contributed by atoms with van der Waals surface area (Å²) in [5.41, 5.74) is 0.131. The van der Waals surface area contributed by atoms with E-state index < -0.39 is 29.7 Å². The average molecular weight is 417 g/mol. The van der Waals surface area contributed by atoms with Crippen LogP contribution in [-0.2, 0) is 4.79 Å². The minimum Gasteiger partial charge on any atom is -0.477 e. The lowest BCUT2D eigenvalue weighted by atomic mass is 10.1. The Hall–Kier alpha value is -4.01. The van der Waals surface area contributed by atoms with Gasteiger partial charge in [-0.1, -0.05) is 30.3 Å². The number of alkyl halides is 3. The molecule has 0 bridgehead atoms. The Morgan fingerprint density at radius 2 is 1.73 bits per heavy atom. The number of ether oxygens (including phenoxy) is 1. The van der Waals surface area contributed by atoms with Crippen molar-refractivity contribution in [1.29, 1.82) is 0 Å². The summed E-state index contributed by atoms with van der Waals surface area (Å²) in [6.07, 6.45) is -3.73.